The maximum atomic E-state index is 12.5. The molecule has 0 radical (unpaired) electrons. The summed E-state index contributed by atoms with van der Waals surface area (Å²) < 4.78 is 4.80. The Morgan fingerprint density at radius 1 is 1.05 bits per heavy atom. The number of hydrogen-bond donors (Lipinski definition) is 0. The summed E-state index contributed by atoms with van der Waals surface area (Å²) in [5.74, 6) is -0.138. The van der Waals surface area contributed by atoms with Crippen LogP contribution >= 0.6 is 0 Å². The van der Waals surface area contributed by atoms with Crippen molar-refractivity contribution in [1.82, 2.24) is 9.80 Å². The van der Waals surface area contributed by atoms with Crippen LogP contribution in [0.1, 0.15) is 26.7 Å². The van der Waals surface area contributed by atoms with E-state index in [0.29, 0.717) is 39.0 Å². The minimum atomic E-state index is -0.232. The van der Waals surface area contributed by atoms with Crippen LogP contribution in [0, 0.1) is 17.8 Å². The Morgan fingerprint density at radius 2 is 1.67 bits per heavy atom. The van der Waals surface area contributed by atoms with E-state index >= 15 is 0 Å². The summed E-state index contributed by atoms with van der Waals surface area (Å²) in [6, 6.07) is 0. The summed E-state index contributed by atoms with van der Waals surface area (Å²) in [5, 5.41) is 0. The maximum Gasteiger partial charge on any atom is 0.310 e. The van der Waals surface area contributed by atoms with Gasteiger partial charge in [-0.25, -0.2) is 0 Å². The predicted octanol–water partition coefficient (Wildman–Crippen LogP) is 0.512. The van der Waals surface area contributed by atoms with Crippen LogP contribution in [0.25, 0.3) is 0 Å². The monoisotopic (exact) mass is 296 g/mol. The number of carbonyl (C=O) groups is 3. The second kappa shape index (κ2) is 6.45. The largest absolute Gasteiger partial charge is 0.469 e. The van der Waals surface area contributed by atoms with E-state index in [1.165, 1.54) is 7.11 Å². The summed E-state index contributed by atoms with van der Waals surface area (Å²) in [6.07, 6.45) is 1.43. The zero-order chi connectivity index (χ0) is 15.6. The molecule has 2 heterocycles. The van der Waals surface area contributed by atoms with Crippen LogP contribution in [0.3, 0.4) is 0 Å². The van der Waals surface area contributed by atoms with Crippen LogP contribution in [-0.2, 0) is 19.1 Å². The number of methoxy groups -OCH3 is 1. The molecule has 2 aliphatic rings. The van der Waals surface area contributed by atoms with Gasteiger partial charge in [-0.05, 0) is 18.8 Å². The molecule has 2 saturated heterocycles. The number of hydrogen-bond acceptors (Lipinski definition) is 4. The highest BCUT2D eigenvalue weighted by molar-refractivity contribution is 5.82. The second-order valence-electron chi connectivity index (χ2n) is 6.13. The third-order valence-electron chi connectivity index (χ3n) is 4.72. The van der Waals surface area contributed by atoms with Gasteiger partial charge in [-0.15, -0.1) is 0 Å². The van der Waals surface area contributed by atoms with Crippen molar-refractivity contribution in [3.05, 3.63) is 0 Å². The molecular formula is C15H24N2O4. The number of esters is 1. The van der Waals surface area contributed by atoms with Crippen LogP contribution in [0.2, 0.25) is 0 Å². The van der Waals surface area contributed by atoms with E-state index in [9.17, 15) is 14.4 Å². The average Bonchev–Trinajstić information content (AvgIpc) is 2.87. The van der Waals surface area contributed by atoms with Crippen LogP contribution in [0.4, 0.5) is 0 Å². The number of rotatable bonds is 2. The summed E-state index contributed by atoms with van der Waals surface area (Å²) in [4.78, 5) is 39.1. The first kappa shape index (κ1) is 15.8. The molecule has 0 spiro atoms. The number of piperidine rings is 1. The van der Waals surface area contributed by atoms with Gasteiger partial charge in [0.1, 0.15) is 0 Å². The molecule has 0 aromatic heterocycles. The lowest BCUT2D eigenvalue weighted by Gasteiger charge is -2.32. The fourth-order valence-electron chi connectivity index (χ4n) is 3.30. The van der Waals surface area contributed by atoms with Gasteiger partial charge in [0.05, 0.1) is 13.0 Å². The molecule has 2 fully saturated rings. The van der Waals surface area contributed by atoms with E-state index in [1.807, 2.05) is 6.92 Å². The molecule has 2 amide bonds. The van der Waals surface area contributed by atoms with Gasteiger partial charge in [-0.3, -0.25) is 14.4 Å². The fraction of sp³-hybridized carbons (Fsp3) is 0.800. The first-order valence-electron chi connectivity index (χ1n) is 7.56. The van der Waals surface area contributed by atoms with Gasteiger partial charge < -0.3 is 14.5 Å². The quantitative estimate of drug-likeness (QED) is 0.697. The van der Waals surface area contributed by atoms with E-state index in [2.05, 4.69) is 0 Å². The first-order chi connectivity index (χ1) is 9.93. The second-order valence-corrected chi connectivity index (χ2v) is 6.13. The number of nitrogens with zero attached hydrogens (tertiary/aromatic N) is 2. The van der Waals surface area contributed by atoms with Crippen LogP contribution < -0.4 is 0 Å². The minimum Gasteiger partial charge on any atom is -0.469 e. The van der Waals surface area contributed by atoms with Crippen molar-refractivity contribution in [3.63, 3.8) is 0 Å². The lowest BCUT2D eigenvalue weighted by molar-refractivity contribution is -0.146. The highest BCUT2D eigenvalue weighted by Crippen LogP contribution is 2.28. The molecule has 118 valence electrons. The molecule has 0 aromatic rings. The van der Waals surface area contributed by atoms with E-state index in [1.54, 1.807) is 16.7 Å². The van der Waals surface area contributed by atoms with E-state index in [0.717, 1.165) is 0 Å². The highest BCUT2D eigenvalue weighted by atomic mass is 16.5. The Kier molecular flexibility index (Phi) is 4.85. The molecule has 2 aliphatic heterocycles. The Balaban J connectivity index is 1.90. The normalized spacial score (nSPS) is 26.8. The third-order valence-corrected chi connectivity index (χ3v) is 4.72. The lowest BCUT2D eigenvalue weighted by Crippen LogP contribution is -2.43. The Hall–Kier alpha value is -1.59. The number of ether oxygens (including phenoxy) is 1. The molecular weight excluding hydrogens is 272 g/mol. The van der Waals surface area contributed by atoms with Crippen molar-refractivity contribution in [1.29, 1.82) is 0 Å². The lowest BCUT2D eigenvalue weighted by atomic mass is 9.95. The molecule has 6 heteroatoms. The molecule has 0 bridgehead atoms. The zero-order valence-corrected chi connectivity index (χ0v) is 13.0. The van der Waals surface area contributed by atoms with Gasteiger partial charge in [-0.2, -0.15) is 0 Å². The molecule has 0 aliphatic carbocycles. The molecule has 2 atom stereocenters. The Bertz CT molecular complexity index is 429. The molecule has 0 aromatic carbocycles. The van der Waals surface area contributed by atoms with Crippen molar-refractivity contribution >= 4 is 17.8 Å². The van der Waals surface area contributed by atoms with Gasteiger partial charge in [0, 0.05) is 39.0 Å². The van der Waals surface area contributed by atoms with E-state index in [-0.39, 0.29) is 35.5 Å². The minimum absolute atomic E-state index is 0.0239. The van der Waals surface area contributed by atoms with Gasteiger partial charge in [0.15, 0.2) is 0 Å². The van der Waals surface area contributed by atoms with Crippen LogP contribution in [-0.4, -0.2) is 60.9 Å². The van der Waals surface area contributed by atoms with Crippen molar-refractivity contribution in [2.75, 3.05) is 33.3 Å². The van der Waals surface area contributed by atoms with Gasteiger partial charge in [0.2, 0.25) is 11.8 Å². The molecule has 2 rings (SSSR count). The molecule has 0 saturated carbocycles. The molecule has 21 heavy (non-hydrogen) atoms. The fourth-order valence-corrected chi connectivity index (χ4v) is 3.30. The summed E-state index contributed by atoms with van der Waals surface area (Å²) in [5.41, 5.74) is 0. The smallest absolute Gasteiger partial charge is 0.310 e. The summed E-state index contributed by atoms with van der Waals surface area (Å²) >= 11 is 0. The van der Waals surface area contributed by atoms with E-state index in [4.69, 9.17) is 4.74 Å². The van der Waals surface area contributed by atoms with Gasteiger partial charge >= 0.3 is 5.97 Å². The van der Waals surface area contributed by atoms with Crippen molar-refractivity contribution in [3.8, 4) is 0 Å². The summed E-state index contributed by atoms with van der Waals surface area (Å²) in [6.45, 7) is 5.91. The molecule has 0 N–H and O–H groups in total. The van der Waals surface area contributed by atoms with Gasteiger partial charge in [-0.1, -0.05) is 6.92 Å². The van der Waals surface area contributed by atoms with Crippen molar-refractivity contribution in [2.45, 2.75) is 26.7 Å². The van der Waals surface area contributed by atoms with Crippen molar-refractivity contribution < 1.29 is 19.1 Å². The maximum absolute atomic E-state index is 12.5. The molecule has 6 nitrogen and oxygen atoms in total. The topological polar surface area (TPSA) is 66.9 Å². The highest BCUT2D eigenvalue weighted by Gasteiger charge is 2.40. The van der Waals surface area contributed by atoms with Gasteiger partial charge in [0.25, 0.3) is 0 Å². The number of amides is 2. The SMILES string of the molecule is COC(=O)C1CN(C(=O)C2CCN(C(C)=O)CC2)CC1C. The Labute approximate surface area is 125 Å². The number of likely N-dealkylation sites (tertiary alicyclic amines) is 2. The average molecular weight is 296 g/mol. The van der Waals surface area contributed by atoms with Crippen LogP contribution in [0.15, 0.2) is 0 Å². The predicted molar refractivity (Wildman–Crippen MR) is 76.2 cm³/mol. The van der Waals surface area contributed by atoms with E-state index < -0.39 is 0 Å². The van der Waals surface area contributed by atoms with Crippen molar-refractivity contribution in [2.24, 2.45) is 17.8 Å². The molecule has 2 unspecified atom stereocenters. The third kappa shape index (κ3) is 3.36. The first-order valence-corrected chi connectivity index (χ1v) is 7.56. The standard InChI is InChI=1S/C15H24N2O4/c1-10-8-17(9-13(10)15(20)21-3)14(19)12-4-6-16(7-5-12)11(2)18/h10,12-13H,4-9H2,1-3H3. The zero-order valence-electron chi connectivity index (χ0n) is 13.0. The number of carbonyl (C=O) groups excluding carboxylic acids is 3. The summed E-state index contributed by atoms with van der Waals surface area (Å²) in [7, 11) is 1.39. The van der Waals surface area contributed by atoms with Crippen LogP contribution in [0.5, 0.6) is 0 Å². The Morgan fingerprint density at radius 3 is 2.19 bits per heavy atom.